The minimum atomic E-state index is -0.713. The molecule has 166 valence electrons. The number of carbonyl (C=O) groups is 3. The Kier molecular flexibility index (Phi) is 8.61. The zero-order chi connectivity index (χ0) is 23.0. The van der Waals surface area contributed by atoms with Gasteiger partial charge in [0.2, 0.25) is 11.8 Å². The van der Waals surface area contributed by atoms with Crippen molar-refractivity contribution in [1.82, 2.24) is 0 Å². The summed E-state index contributed by atoms with van der Waals surface area (Å²) < 4.78 is 4.39. The maximum Gasteiger partial charge on any atom is 0.404 e. The average molecular weight is 426 g/mol. The maximum atomic E-state index is 11.8. The molecule has 3 rings (SSSR count). The lowest BCUT2D eigenvalue weighted by Crippen LogP contribution is -2.33. The van der Waals surface area contributed by atoms with E-state index in [9.17, 15) is 14.4 Å². The number of nitrogens with one attached hydrogen (secondary N) is 1. The summed E-state index contributed by atoms with van der Waals surface area (Å²) in [6, 6.07) is 14.1. The van der Waals surface area contributed by atoms with E-state index in [1.807, 2.05) is 48.2 Å². The van der Waals surface area contributed by atoms with Crippen molar-refractivity contribution in [3.63, 3.8) is 0 Å². The van der Waals surface area contributed by atoms with Crippen LogP contribution in [0, 0.1) is 0 Å². The van der Waals surface area contributed by atoms with E-state index in [1.165, 1.54) is 5.56 Å². The minimum Gasteiger partial charge on any atom is -0.447 e. The highest BCUT2D eigenvalue weighted by Crippen LogP contribution is 2.32. The van der Waals surface area contributed by atoms with Gasteiger partial charge in [0.25, 0.3) is 0 Å². The molecule has 0 aliphatic carbocycles. The first-order valence-electron chi connectivity index (χ1n) is 10.5. The van der Waals surface area contributed by atoms with Gasteiger partial charge in [-0.25, -0.2) is 4.79 Å². The number of aryl methyl sites for hydroxylation is 1. The summed E-state index contributed by atoms with van der Waals surface area (Å²) in [6.07, 6.45) is 1.62. The van der Waals surface area contributed by atoms with Crippen LogP contribution in [0.2, 0.25) is 0 Å². The molecule has 1 aliphatic rings. The van der Waals surface area contributed by atoms with Crippen molar-refractivity contribution in [2.45, 2.75) is 53.1 Å². The van der Waals surface area contributed by atoms with Gasteiger partial charge in [0.1, 0.15) is 0 Å². The Balaban J connectivity index is 0.000000423. The summed E-state index contributed by atoms with van der Waals surface area (Å²) in [5.74, 6) is 0.0997. The molecule has 7 nitrogen and oxygen atoms in total. The number of hydrogen-bond acceptors (Lipinski definition) is 4. The standard InChI is InChI=1S/C20H22N2O2.C4H9NO2/c1-3-20(24)21-18-8-4-6-15(13-18)16-9-10-19-17(12-16)7-5-11-22(19)14(2)23;1-3(2)7-4(5)6/h4,6,8-10,12-13H,3,5,7,11H2,1-2H3,(H,21,24);3H,1-2H3,(H2,5,6). The molecule has 2 aromatic rings. The van der Waals surface area contributed by atoms with Crippen molar-refractivity contribution in [3.8, 4) is 11.1 Å². The third-order valence-electron chi connectivity index (χ3n) is 4.73. The third-order valence-corrected chi connectivity index (χ3v) is 4.73. The Bertz CT molecular complexity index is 940. The number of nitrogens with two attached hydrogens (primary N) is 1. The Morgan fingerprint density at radius 1 is 1.13 bits per heavy atom. The van der Waals surface area contributed by atoms with E-state index < -0.39 is 6.09 Å². The van der Waals surface area contributed by atoms with Gasteiger partial charge in [-0.1, -0.05) is 25.1 Å². The molecule has 3 N–H and O–H groups in total. The highest BCUT2D eigenvalue weighted by molar-refractivity contribution is 5.94. The van der Waals surface area contributed by atoms with Crippen LogP contribution in [0.4, 0.5) is 16.2 Å². The summed E-state index contributed by atoms with van der Waals surface area (Å²) in [4.78, 5) is 35.0. The maximum absolute atomic E-state index is 11.8. The van der Waals surface area contributed by atoms with E-state index in [0.717, 1.165) is 41.9 Å². The van der Waals surface area contributed by atoms with Crippen molar-refractivity contribution in [1.29, 1.82) is 0 Å². The summed E-state index contributed by atoms with van der Waals surface area (Å²) in [5, 5.41) is 2.89. The molecule has 0 unspecified atom stereocenters. The predicted molar refractivity (Wildman–Crippen MR) is 123 cm³/mol. The van der Waals surface area contributed by atoms with Gasteiger partial charge in [-0.15, -0.1) is 0 Å². The molecule has 0 bridgehead atoms. The van der Waals surface area contributed by atoms with E-state index in [4.69, 9.17) is 0 Å². The number of fused-ring (bicyclic) bond motifs is 1. The van der Waals surface area contributed by atoms with Gasteiger partial charge >= 0.3 is 6.09 Å². The number of nitrogens with zero attached hydrogens (tertiary/aromatic N) is 1. The van der Waals surface area contributed by atoms with Gasteiger partial charge in [0.15, 0.2) is 0 Å². The van der Waals surface area contributed by atoms with Crippen LogP contribution < -0.4 is 16.0 Å². The van der Waals surface area contributed by atoms with Crippen molar-refractivity contribution >= 4 is 29.3 Å². The third kappa shape index (κ3) is 7.13. The number of benzene rings is 2. The second-order valence-corrected chi connectivity index (χ2v) is 7.59. The van der Waals surface area contributed by atoms with Crippen LogP contribution in [0.3, 0.4) is 0 Å². The summed E-state index contributed by atoms with van der Waals surface area (Å²) in [7, 11) is 0. The lowest BCUT2D eigenvalue weighted by molar-refractivity contribution is -0.117. The number of primary amides is 1. The lowest BCUT2D eigenvalue weighted by atomic mass is 9.96. The van der Waals surface area contributed by atoms with E-state index >= 15 is 0 Å². The normalized spacial score (nSPS) is 12.4. The molecule has 0 atom stereocenters. The molecule has 31 heavy (non-hydrogen) atoms. The first kappa shape index (κ1) is 23.9. The number of rotatable bonds is 4. The van der Waals surface area contributed by atoms with Gasteiger partial charge in [-0.3, -0.25) is 9.59 Å². The monoisotopic (exact) mass is 425 g/mol. The second kappa shape index (κ2) is 11.2. The first-order chi connectivity index (χ1) is 14.7. The highest BCUT2D eigenvalue weighted by Gasteiger charge is 2.20. The quantitative estimate of drug-likeness (QED) is 0.753. The SMILES string of the molecule is CC(C)OC(N)=O.CCC(=O)Nc1cccc(-c2ccc3c(c2)CCCN3C(C)=O)c1. The molecule has 7 heteroatoms. The molecule has 0 saturated heterocycles. The molecule has 0 saturated carbocycles. The van der Waals surface area contributed by atoms with Crippen molar-refractivity contribution in [2.75, 3.05) is 16.8 Å². The molecule has 3 amide bonds. The number of anilines is 2. The van der Waals surface area contributed by atoms with Crippen molar-refractivity contribution in [3.05, 3.63) is 48.0 Å². The van der Waals surface area contributed by atoms with Gasteiger partial charge in [-0.2, -0.15) is 0 Å². The van der Waals surface area contributed by atoms with E-state index in [1.54, 1.807) is 20.8 Å². The van der Waals surface area contributed by atoms with Gasteiger partial charge in [-0.05, 0) is 67.6 Å². The van der Waals surface area contributed by atoms with Gasteiger partial charge in [0.05, 0.1) is 6.10 Å². The van der Waals surface area contributed by atoms with E-state index in [2.05, 4.69) is 21.9 Å². The van der Waals surface area contributed by atoms with Gasteiger partial charge in [0, 0.05) is 31.3 Å². The number of hydrogen-bond donors (Lipinski definition) is 2. The van der Waals surface area contributed by atoms with Crippen molar-refractivity contribution < 1.29 is 19.1 Å². The molecule has 0 radical (unpaired) electrons. The molecule has 1 heterocycles. The van der Waals surface area contributed by atoms with Crippen LogP contribution in [0.5, 0.6) is 0 Å². The van der Waals surface area contributed by atoms with Crippen molar-refractivity contribution in [2.24, 2.45) is 5.73 Å². The van der Waals surface area contributed by atoms with Crippen LogP contribution in [0.1, 0.15) is 46.1 Å². The summed E-state index contributed by atoms with van der Waals surface area (Å²) >= 11 is 0. The summed E-state index contributed by atoms with van der Waals surface area (Å²) in [6.45, 7) is 7.72. The summed E-state index contributed by atoms with van der Waals surface area (Å²) in [5.41, 5.74) is 9.83. The Morgan fingerprint density at radius 3 is 2.42 bits per heavy atom. The molecular weight excluding hydrogens is 394 g/mol. The molecule has 0 spiro atoms. The zero-order valence-electron chi connectivity index (χ0n) is 18.6. The topological polar surface area (TPSA) is 102 Å². The number of amides is 3. The molecular formula is C24H31N3O4. The number of carbonyl (C=O) groups excluding carboxylic acids is 3. The van der Waals surface area contributed by atoms with E-state index in [-0.39, 0.29) is 17.9 Å². The average Bonchev–Trinajstić information content (AvgIpc) is 2.72. The van der Waals surface area contributed by atoms with E-state index in [0.29, 0.717) is 6.42 Å². The van der Waals surface area contributed by atoms with Crippen LogP contribution in [-0.2, 0) is 20.7 Å². The molecule has 1 aliphatic heterocycles. The predicted octanol–water partition coefficient (Wildman–Crippen LogP) is 4.49. The van der Waals surface area contributed by atoms with Crippen LogP contribution >= 0.6 is 0 Å². The van der Waals surface area contributed by atoms with Crippen LogP contribution in [0.15, 0.2) is 42.5 Å². The largest absolute Gasteiger partial charge is 0.447 e. The molecule has 2 aromatic carbocycles. The fourth-order valence-corrected chi connectivity index (χ4v) is 3.36. The van der Waals surface area contributed by atoms with Crippen LogP contribution in [-0.4, -0.2) is 30.6 Å². The zero-order valence-corrected chi connectivity index (χ0v) is 18.6. The Hall–Kier alpha value is -3.35. The Morgan fingerprint density at radius 2 is 1.84 bits per heavy atom. The Labute approximate surface area is 183 Å². The first-order valence-corrected chi connectivity index (χ1v) is 10.5. The lowest BCUT2D eigenvalue weighted by Gasteiger charge is -2.29. The highest BCUT2D eigenvalue weighted by atomic mass is 16.6. The fraction of sp³-hybridized carbons (Fsp3) is 0.375. The minimum absolute atomic E-state index is 0.00897. The molecule has 0 aromatic heterocycles. The second-order valence-electron chi connectivity index (χ2n) is 7.59. The van der Waals surface area contributed by atoms with Crippen LogP contribution in [0.25, 0.3) is 11.1 Å². The number of ether oxygens (including phenoxy) is 1. The fourth-order valence-electron chi connectivity index (χ4n) is 3.36. The molecule has 0 fully saturated rings. The van der Waals surface area contributed by atoms with Gasteiger partial charge < -0.3 is 20.7 Å². The smallest absolute Gasteiger partial charge is 0.404 e.